The lowest BCUT2D eigenvalue weighted by Gasteiger charge is -2.30. The van der Waals surface area contributed by atoms with E-state index >= 15 is 0 Å². The Bertz CT molecular complexity index is 995. The van der Waals surface area contributed by atoms with E-state index in [-0.39, 0.29) is 11.8 Å². The highest BCUT2D eigenvalue weighted by atomic mass is 35.5. The minimum Gasteiger partial charge on any atom is -0.496 e. The fraction of sp³-hybridized carbons (Fsp3) is 0.462. The van der Waals surface area contributed by atoms with E-state index < -0.39 is 6.04 Å². The molecule has 4 rings (SSSR count). The fourth-order valence-electron chi connectivity index (χ4n) is 4.78. The molecule has 2 saturated heterocycles. The van der Waals surface area contributed by atoms with Crippen LogP contribution in [0.5, 0.6) is 5.75 Å². The van der Waals surface area contributed by atoms with Crippen molar-refractivity contribution in [2.45, 2.75) is 38.8 Å². The first-order valence-corrected chi connectivity index (χ1v) is 12.1. The second kappa shape index (κ2) is 10.6. The van der Waals surface area contributed by atoms with Crippen molar-refractivity contribution >= 4 is 23.4 Å². The van der Waals surface area contributed by atoms with E-state index in [1.165, 1.54) is 18.2 Å². The number of hydrogen-bond acceptors (Lipinski definition) is 4. The summed E-state index contributed by atoms with van der Waals surface area (Å²) in [5.74, 6) is 0.337. The molecule has 0 spiro atoms. The van der Waals surface area contributed by atoms with E-state index in [2.05, 4.69) is 36.1 Å². The van der Waals surface area contributed by atoms with Crippen LogP contribution < -0.4 is 4.74 Å². The van der Waals surface area contributed by atoms with E-state index in [9.17, 15) is 9.59 Å². The van der Waals surface area contributed by atoms with Crippen molar-refractivity contribution < 1.29 is 14.3 Å². The largest absolute Gasteiger partial charge is 0.496 e. The lowest BCUT2D eigenvalue weighted by Crippen LogP contribution is -2.48. The van der Waals surface area contributed by atoms with Crippen LogP contribution in [0, 0.1) is 6.92 Å². The van der Waals surface area contributed by atoms with Crippen LogP contribution in [0.25, 0.3) is 0 Å². The van der Waals surface area contributed by atoms with Crippen LogP contribution in [0.3, 0.4) is 0 Å². The van der Waals surface area contributed by atoms with E-state index in [1.807, 2.05) is 4.90 Å². The molecule has 2 amide bonds. The molecule has 2 aliphatic heterocycles. The molecule has 0 unspecified atom stereocenters. The van der Waals surface area contributed by atoms with E-state index in [0.717, 1.165) is 39.0 Å². The Morgan fingerprint density at radius 1 is 1.00 bits per heavy atom. The van der Waals surface area contributed by atoms with Gasteiger partial charge in [0, 0.05) is 44.3 Å². The normalized spacial score (nSPS) is 19.4. The second-order valence-corrected chi connectivity index (χ2v) is 9.38. The number of carbonyl (C=O) groups excluding carboxylic acids is 2. The van der Waals surface area contributed by atoms with Gasteiger partial charge in [0.1, 0.15) is 11.8 Å². The Morgan fingerprint density at radius 2 is 1.79 bits per heavy atom. The molecule has 2 fully saturated rings. The molecule has 0 bridgehead atoms. The van der Waals surface area contributed by atoms with Crippen LogP contribution >= 0.6 is 11.6 Å². The zero-order valence-corrected chi connectivity index (χ0v) is 20.2. The maximum Gasteiger partial charge on any atom is 0.258 e. The summed E-state index contributed by atoms with van der Waals surface area (Å²) in [6, 6.07) is 13.2. The van der Waals surface area contributed by atoms with Gasteiger partial charge >= 0.3 is 0 Å². The quantitative estimate of drug-likeness (QED) is 0.664. The lowest BCUT2D eigenvalue weighted by atomic mass is 10.1. The molecular weight excluding hydrogens is 438 g/mol. The van der Waals surface area contributed by atoms with E-state index in [1.54, 1.807) is 23.1 Å². The summed E-state index contributed by atoms with van der Waals surface area (Å²) in [7, 11) is 1.53. The second-order valence-electron chi connectivity index (χ2n) is 8.94. The first-order chi connectivity index (χ1) is 16.0. The number of likely N-dealkylation sites (tertiary alicyclic amines) is 1. The number of carbonyl (C=O) groups is 2. The van der Waals surface area contributed by atoms with Crippen LogP contribution in [-0.2, 0) is 11.3 Å². The Hall–Kier alpha value is -2.57. The van der Waals surface area contributed by atoms with Crippen LogP contribution in [0.15, 0.2) is 42.5 Å². The summed E-state index contributed by atoms with van der Waals surface area (Å²) in [5.41, 5.74) is 2.96. The van der Waals surface area contributed by atoms with Crippen LogP contribution in [-0.4, -0.2) is 72.4 Å². The van der Waals surface area contributed by atoms with Gasteiger partial charge in [-0.25, -0.2) is 0 Å². The van der Waals surface area contributed by atoms with Gasteiger partial charge in [0.25, 0.3) is 5.91 Å². The van der Waals surface area contributed by atoms with Crippen molar-refractivity contribution in [3.05, 3.63) is 64.2 Å². The summed E-state index contributed by atoms with van der Waals surface area (Å²) >= 11 is 6.14. The number of rotatable bonds is 5. The van der Waals surface area contributed by atoms with Crippen molar-refractivity contribution in [1.29, 1.82) is 0 Å². The summed E-state index contributed by atoms with van der Waals surface area (Å²) in [5, 5.41) is 0.474. The van der Waals surface area contributed by atoms with Gasteiger partial charge in [0.15, 0.2) is 0 Å². The first-order valence-electron chi connectivity index (χ1n) is 11.7. The minimum absolute atomic E-state index is 0.0547. The third-order valence-corrected chi connectivity index (χ3v) is 6.85. The first kappa shape index (κ1) is 23.6. The van der Waals surface area contributed by atoms with Gasteiger partial charge in [-0.1, -0.05) is 41.4 Å². The van der Waals surface area contributed by atoms with Crippen molar-refractivity contribution in [2.24, 2.45) is 0 Å². The van der Waals surface area contributed by atoms with Gasteiger partial charge in [-0.2, -0.15) is 0 Å². The molecule has 2 aromatic rings. The Labute approximate surface area is 201 Å². The molecule has 6 nitrogen and oxygen atoms in total. The number of ether oxygens (including phenoxy) is 1. The third kappa shape index (κ3) is 5.50. The predicted molar refractivity (Wildman–Crippen MR) is 130 cm³/mol. The van der Waals surface area contributed by atoms with Crippen molar-refractivity contribution in [3.8, 4) is 5.75 Å². The molecule has 0 aromatic heterocycles. The Balaban J connectivity index is 1.41. The molecule has 2 aliphatic rings. The SMILES string of the molecule is COc1ccc(Cl)cc1C(=O)N1CCC[C@@H]1C(=O)N1CCCN(Cc2ccc(C)cc2)CC1. The molecular formula is C26H32ClN3O3. The summed E-state index contributed by atoms with van der Waals surface area (Å²) in [4.78, 5) is 32.9. The molecule has 176 valence electrons. The average molecular weight is 470 g/mol. The number of amides is 2. The number of benzene rings is 2. The Morgan fingerprint density at radius 3 is 2.55 bits per heavy atom. The van der Waals surface area contributed by atoms with Crippen molar-refractivity contribution in [2.75, 3.05) is 39.8 Å². The highest BCUT2D eigenvalue weighted by Gasteiger charge is 2.38. The molecule has 0 aliphatic carbocycles. The van der Waals surface area contributed by atoms with Gasteiger partial charge in [-0.3, -0.25) is 14.5 Å². The molecule has 0 N–H and O–H groups in total. The summed E-state index contributed by atoms with van der Waals surface area (Å²) < 4.78 is 5.37. The fourth-order valence-corrected chi connectivity index (χ4v) is 4.95. The van der Waals surface area contributed by atoms with Gasteiger partial charge in [0.2, 0.25) is 5.91 Å². The maximum absolute atomic E-state index is 13.5. The van der Waals surface area contributed by atoms with Crippen molar-refractivity contribution in [1.82, 2.24) is 14.7 Å². The smallest absolute Gasteiger partial charge is 0.258 e. The van der Waals surface area contributed by atoms with Crippen molar-refractivity contribution in [3.63, 3.8) is 0 Å². The average Bonchev–Trinajstić information content (AvgIpc) is 3.20. The molecule has 7 heteroatoms. The number of aryl methyl sites for hydroxylation is 1. The topological polar surface area (TPSA) is 53.1 Å². The molecule has 0 saturated carbocycles. The predicted octanol–water partition coefficient (Wildman–Crippen LogP) is 4.00. The molecule has 33 heavy (non-hydrogen) atoms. The lowest BCUT2D eigenvalue weighted by molar-refractivity contribution is -0.135. The minimum atomic E-state index is -0.426. The van der Waals surface area contributed by atoms with Crippen LogP contribution in [0.1, 0.15) is 40.7 Å². The standard InChI is InChI=1S/C26H32ClN3O3/c1-19-6-8-20(9-7-19)18-28-12-4-13-29(16-15-28)26(32)23-5-3-14-30(23)25(31)22-17-21(27)10-11-24(22)33-2/h6-11,17,23H,3-5,12-16,18H2,1-2H3/t23-/m1/s1. The van der Waals surface area contributed by atoms with E-state index in [4.69, 9.17) is 16.3 Å². The molecule has 2 heterocycles. The summed E-state index contributed by atoms with van der Waals surface area (Å²) in [6.07, 6.45) is 2.44. The maximum atomic E-state index is 13.5. The number of nitrogens with zero attached hydrogens (tertiary/aromatic N) is 3. The Kier molecular flexibility index (Phi) is 7.56. The number of hydrogen-bond donors (Lipinski definition) is 0. The van der Waals surface area contributed by atoms with Crippen LogP contribution in [0.2, 0.25) is 5.02 Å². The zero-order chi connectivity index (χ0) is 23.4. The number of methoxy groups -OCH3 is 1. The molecule has 2 aromatic carbocycles. The zero-order valence-electron chi connectivity index (χ0n) is 19.4. The highest BCUT2D eigenvalue weighted by Crippen LogP contribution is 2.28. The van der Waals surface area contributed by atoms with Crippen LogP contribution in [0.4, 0.5) is 0 Å². The van der Waals surface area contributed by atoms with Gasteiger partial charge in [-0.05, 0) is 49.9 Å². The van der Waals surface area contributed by atoms with E-state index in [0.29, 0.717) is 35.8 Å². The summed E-state index contributed by atoms with van der Waals surface area (Å²) in [6.45, 7) is 6.76. The van der Waals surface area contributed by atoms with Gasteiger partial charge < -0.3 is 14.5 Å². The van der Waals surface area contributed by atoms with Gasteiger partial charge in [-0.15, -0.1) is 0 Å². The number of halogens is 1. The monoisotopic (exact) mass is 469 g/mol. The van der Waals surface area contributed by atoms with Gasteiger partial charge in [0.05, 0.1) is 12.7 Å². The molecule has 0 radical (unpaired) electrons. The molecule has 1 atom stereocenters. The highest BCUT2D eigenvalue weighted by molar-refractivity contribution is 6.31. The third-order valence-electron chi connectivity index (χ3n) is 6.62.